The second-order valence-electron chi connectivity index (χ2n) is 8.06. The molecule has 1 amide bonds. The van der Waals surface area contributed by atoms with Crippen molar-refractivity contribution in [1.82, 2.24) is 5.32 Å². The van der Waals surface area contributed by atoms with Crippen LogP contribution in [0, 0.1) is 29.1 Å². The van der Waals surface area contributed by atoms with Crippen LogP contribution in [0.5, 0.6) is 5.75 Å². The zero-order valence-electron chi connectivity index (χ0n) is 14.1. The molecule has 1 aromatic carbocycles. The van der Waals surface area contributed by atoms with E-state index in [-0.39, 0.29) is 11.4 Å². The van der Waals surface area contributed by atoms with Crippen molar-refractivity contribution in [3.05, 3.63) is 29.8 Å². The van der Waals surface area contributed by atoms with E-state index in [0.717, 1.165) is 37.0 Å². The Bertz CT molecular complexity index is 656. The Labute approximate surface area is 143 Å². The first kappa shape index (κ1) is 15.5. The molecule has 1 unspecified atom stereocenters. The molecule has 0 heterocycles. The SMILES string of the molecule is CC(Oc1ccccc1C#N)C(=O)NC12CC3CC(CC(C3)C1)C2. The minimum atomic E-state index is -0.590. The van der Waals surface area contributed by atoms with Gasteiger partial charge >= 0.3 is 0 Å². The van der Waals surface area contributed by atoms with Crippen LogP contribution >= 0.6 is 0 Å². The van der Waals surface area contributed by atoms with Gasteiger partial charge in [-0.05, 0) is 75.3 Å². The largest absolute Gasteiger partial charge is 0.480 e. The third-order valence-corrected chi connectivity index (χ3v) is 6.11. The molecule has 4 bridgehead atoms. The summed E-state index contributed by atoms with van der Waals surface area (Å²) in [6, 6.07) is 9.18. The molecule has 4 saturated carbocycles. The Morgan fingerprint density at radius 2 is 1.79 bits per heavy atom. The van der Waals surface area contributed by atoms with Crippen molar-refractivity contribution in [1.29, 1.82) is 5.26 Å². The monoisotopic (exact) mass is 324 g/mol. The average Bonchev–Trinajstić information content (AvgIpc) is 2.53. The number of ether oxygens (including phenoxy) is 1. The first-order chi connectivity index (χ1) is 11.6. The lowest BCUT2D eigenvalue weighted by molar-refractivity contribution is -0.133. The highest BCUT2D eigenvalue weighted by atomic mass is 16.5. The maximum Gasteiger partial charge on any atom is 0.261 e. The van der Waals surface area contributed by atoms with Crippen molar-refractivity contribution < 1.29 is 9.53 Å². The Kier molecular flexibility index (Phi) is 3.75. The number of nitrogens with zero attached hydrogens (tertiary/aromatic N) is 1. The van der Waals surface area contributed by atoms with E-state index in [2.05, 4.69) is 11.4 Å². The average molecular weight is 324 g/mol. The van der Waals surface area contributed by atoms with E-state index in [1.54, 1.807) is 25.1 Å². The van der Waals surface area contributed by atoms with Gasteiger partial charge in [-0.3, -0.25) is 4.79 Å². The van der Waals surface area contributed by atoms with Gasteiger partial charge in [0.1, 0.15) is 11.8 Å². The number of carbonyl (C=O) groups is 1. The topological polar surface area (TPSA) is 62.1 Å². The summed E-state index contributed by atoms with van der Waals surface area (Å²) in [5.41, 5.74) is 0.463. The highest BCUT2D eigenvalue weighted by Crippen LogP contribution is 2.55. The van der Waals surface area contributed by atoms with Crippen LogP contribution in [-0.2, 0) is 4.79 Å². The maximum absolute atomic E-state index is 12.7. The highest BCUT2D eigenvalue weighted by molar-refractivity contribution is 5.81. The summed E-state index contributed by atoms with van der Waals surface area (Å²) in [4.78, 5) is 12.7. The number of rotatable bonds is 4. The molecule has 4 aliphatic rings. The lowest BCUT2D eigenvalue weighted by Gasteiger charge is -2.57. The summed E-state index contributed by atoms with van der Waals surface area (Å²) >= 11 is 0. The van der Waals surface area contributed by atoms with Crippen molar-refractivity contribution in [3.8, 4) is 11.8 Å². The van der Waals surface area contributed by atoms with Gasteiger partial charge in [-0.15, -0.1) is 0 Å². The third-order valence-electron chi connectivity index (χ3n) is 6.11. The van der Waals surface area contributed by atoms with Gasteiger partial charge in [0.2, 0.25) is 0 Å². The van der Waals surface area contributed by atoms with Gasteiger partial charge in [0.15, 0.2) is 6.10 Å². The minimum absolute atomic E-state index is 0.00179. The van der Waals surface area contributed by atoms with Crippen molar-refractivity contribution in [2.75, 3.05) is 0 Å². The summed E-state index contributed by atoms with van der Waals surface area (Å²) in [5.74, 6) is 2.82. The normalized spacial score (nSPS) is 34.4. The van der Waals surface area contributed by atoms with Gasteiger partial charge in [-0.25, -0.2) is 0 Å². The molecular formula is C20H24N2O2. The van der Waals surface area contributed by atoms with Gasteiger partial charge in [0.25, 0.3) is 5.91 Å². The number of amides is 1. The number of hydrogen-bond acceptors (Lipinski definition) is 3. The van der Waals surface area contributed by atoms with Crippen molar-refractivity contribution in [2.24, 2.45) is 17.8 Å². The Morgan fingerprint density at radius 3 is 2.38 bits per heavy atom. The van der Waals surface area contributed by atoms with Gasteiger partial charge < -0.3 is 10.1 Å². The van der Waals surface area contributed by atoms with Gasteiger partial charge in [0, 0.05) is 5.54 Å². The molecule has 0 radical (unpaired) electrons. The zero-order valence-corrected chi connectivity index (χ0v) is 14.1. The number of para-hydroxylation sites is 1. The van der Waals surface area contributed by atoms with Crippen molar-refractivity contribution in [2.45, 2.75) is 57.1 Å². The number of hydrogen-bond donors (Lipinski definition) is 1. The predicted octanol–water partition coefficient (Wildman–Crippen LogP) is 3.41. The van der Waals surface area contributed by atoms with Crippen LogP contribution in [0.2, 0.25) is 0 Å². The molecule has 1 atom stereocenters. The van der Waals surface area contributed by atoms with Crippen molar-refractivity contribution in [3.63, 3.8) is 0 Å². The molecule has 1 aromatic rings. The summed E-state index contributed by atoms with van der Waals surface area (Å²) in [5, 5.41) is 12.5. The zero-order chi connectivity index (χ0) is 16.7. The molecular weight excluding hydrogens is 300 g/mol. The number of nitrogens with one attached hydrogen (secondary N) is 1. The molecule has 126 valence electrons. The molecule has 24 heavy (non-hydrogen) atoms. The Balaban J connectivity index is 1.44. The fraction of sp³-hybridized carbons (Fsp3) is 0.600. The predicted molar refractivity (Wildman–Crippen MR) is 90.3 cm³/mol. The van der Waals surface area contributed by atoms with E-state index in [1.165, 1.54) is 19.3 Å². The first-order valence-electron chi connectivity index (χ1n) is 9.05. The molecule has 1 N–H and O–H groups in total. The minimum Gasteiger partial charge on any atom is -0.480 e. The third kappa shape index (κ3) is 2.77. The van der Waals surface area contributed by atoms with Gasteiger partial charge in [0.05, 0.1) is 5.56 Å². The number of nitriles is 1. The molecule has 0 aliphatic heterocycles. The van der Waals surface area contributed by atoms with Crippen molar-refractivity contribution >= 4 is 5.91 Å². The lowest BCUT2D eigenvalue weighted by atomic mass is 9.53. The standard InChI is InChI=1S/C20H24N2O2/c1-13(24-18-5-3-2-4-17(18)12-21)19(23)22-20-9-14-6-15(10-20)8-16(7-14)11-20/h2-5,13-16H,6-11H2,1H3,(H,22,23). The summed E-state index contributed by atoms with van der Waals surface area (Å²) in [6.45, 7) is 1.77. The fourth-order valence-electron chi connectivity index (χ4n) is 5.53. The van der Waals surface area contributed by atoms with E-state index < -0.39 is 6.10 Å². The molecule has 4 nitrogen and oxygen atoms in total. The summed E-state index contributed by atoms with van der Waals surface area (Å²) < 4.78 is 5.78. The molecule has 0 spiro atoms. The van der Waals surface area contributed by atoms with Gasteiger partial charge in [-0.2, -0.15) is 5.26 Å². The highest BCUT2D eigenvalue weighted by Gasteiger charge is 2.51. The molecule has 4 fully saturated rings. The summed E-state index contributed by atoms with van der Waals surface area (Å²) in [7, 11) is 0. The quantitative estimate of drug-likeness (QED) is 0.923. The van der Waals surface area contributed by atoms with Crippen LogP contribution in [0.15, 0.2) is 24.3 Å². The molecule has 4 aliphatic carbocycles. The van der Waals surface area contributed by atoms with Crippen LogP contribution in [0.4, 0.5) is 0 Å². The van der Waals surface area contributed by atoms with E-state index in [0.29, 0.717) is 11.3 Å². The Hall–Kier alpha value is -2.02. The van der Waals surface area contributed by atoms with Gasteiger partial charge in [-0.1, -0.05) is 12.1 Å². The van der Waals surface area contributed by atoms with E-state index in [1.807, 2.05) is 6.07 Å². The first-order valence-corrected chi connectivity index (χ1v) is 9.05. The van der Waals surface area contributed by atoms with Crippen LogP contribution in [-0.4, -0.2) is 17.6 Å². The smallest absolute Gasteiger partial charge is 0.261 e. The summed E-state index contributed by atoms with van der Waals surface area (Å²) in [6.07, 6.45) is 6.88. The molecule has 4 heteroatoms. The van der Waals surface area contributed by atoms with E-state index >= 15 is 0 Å². The van der Waals surface area contributed by atoms with Crippen LogP contribution in [0.3, 0.4) is 0 Å². The molecule has 0 aromatic heterocycles. The number of benzene rings is 1. The molecule has 5 rings (SSSR count). The lowest BCUT2D eigenvalue weighted by Crippen LogP contribution is -2.61. The van der Waals surface area contributed by atoms with E-state index in [4.69, 9.17) is 10.00 Å². The van der Waals surface area contributed by atoms with Crippen LogP contribution in [0.1, 0.15) is 51.0 Å². The number of carbonyl (C=O) groups excluding carboxylic acids is 1. The Morgan fingerprint density at radius 1 is 1.21 bits per heavy atom. The fourth-order valence-corrected chi connectivity index (χ4v) is 5.53. The maximum atomic E-state index is 12.7. The molecule has 0 saturated heterocycles. The second-order valence-corrected chi connectivity index (χ2v) is 8.06. The second kappa shape index (κ2) is 5.81. The van der Waals surface area contributed by atoms with Crippen LogP contribution < -0.4 is 10.1 Å². The van der Waals surface area contributed by atoms with E-state index in [9.17, 15) is 4.79 Å². The van der Waals surface area contributed by atoms with Crippen LogP contribution in [0.25, 0.3) is 0 Å².